The Hall–Kier alpha value is -2.17. The van der Waals surface area contributed by atoms with E-state index < -0.39 is 5.97 Å². The molecule has 0 saturated heterocycles. The normalized spacial score (nSPS) is 11.7. The van der Waals surface area contributed by atoms with E-state index in [4.69, 9.17) is 5.11 Å². The molecule has 0 heterocycles. The maximum atomic E-state index is 11.7. The van der Waals surface area contributed by atoms with Gasteiger partial charge in [0.1, 0.15) is 0 Å². The lowest BCUT2D eigenvalue weighted by Crippen LogP contribution is -2.17. The highest BCUT2D eigenvalue weighted by Gasteiger charge is 2.13. The van der Waals surface area contributed by atoms with Gasteiger partial charge < -0.3 is 10.4 Å². The first kappa shape index (κ1) is 14.9. The summed E-state index contributed by atoms with van der Waals surface area (Å²) in [5, 5.41) is 11.3. The molecule has 0 aliphatic heterocycles. The summed E-state index contributed by atoms with van der Waals surface area (Å²) in [7, 11) is 0. The van der Waals surface area contributed by atoms with Gasteiger partial charge in [0.15, 0.2) is 5.78 Å². The molecule has 0 spiro atoms. The number of benzene rings is 1. The Morgan fingerprint density at radius 3 is 2.53 bits per heavy atom. The molecule has 0 fully saturated rings. The van der Waals surface area contributed by atoms with Gasteiger partial charge in [-0.1, -0.05) is 19.1 Å². The molecule has 1 atom stereocenters. The topological polar surface area (TPSA) is 83.5 Å². The average Bonchev–Trinajstić information content (AvgIpc) is 2.27. The zero-order chi connectivity index (χ0) is 14.4. The van der Waals surface area contributed by atoms with Gasteiger partial charge in [0.25, 0.3) is 0 Å². The second-order valence-corrected chi connectivity index (χ2v) is 4.59. The molecule has 0 aliphatic carbocycles. The molecule has 1 rings (SSSR count). The number of carboxylic acid groups (broad SMARTS) is 1. The third-order valence-corrected chi connectivity index (χ3v) is 2.61. The van der Waals surface area contributed by atoms with E-state index >= 15 is 0 Å². The first-order valence-corrected chi connectivity index (χ1v) is 6.01. The third-order valence-electron chi connectivity index (χ3n) is 2.61. The van der Waals surface area contributed by atoms with E-state index in [1.54, 1.807) is 31.2 Å². The van der Waals surface area contributed by atoms with Crippen LogP contribution in [0.2, 0.25) is 0 Å². The van der Waals surface area contributed by atoms with Crippen LogP contribution < -0.4 is 5.32 Å². The molecule has 0 aliphatic rings. The van der Waals surface area contributed by atoms with Crippen molar-refractivity contribution in [2.75, 3.05) is 5.32 Å². The first-order valence-electron chi connectivity index (χ1n) is 6.01. The summed E-state index contributed by atoms with van der Waals surface area (Å²) in [6.07, 6.45) is 0.0947. The van der Waals surface area contributed by atoms with Crippen LogP contribution in [0, 0.1) is 5.92 Å². The molecule has 0 saturated carbocycles. The van der Waals surface area contributed by atoms with Crippen LogP contribution in [0.1, 0.15) is 37.0 Å². The van der Waals surface area contributed by atoms with Crippen molar-refractivity contribution in [1.29, 1.82) is 0 Å². The molecule has 5 nitrogen and oxygen atoms in total. The van der Waals surface area contributed by atoms with Crippen LogP contribution >= 0.6 is 0 Å². The molecule has 102 valence electrons. The van der Waals surface area contributed by atoms with Gasteiger partial charge in [0.05, 0.1) is 0 Å². The highest BCUT2D eigenvalue weighted by atomic mass is 16.4. The van der Waals surface area contributed by atoms with Crippen molar-refractivity contribution >= 4 is 23.3 Å². The van der Waals surface area contributed by atoms with E-state index in [9.17, 15) is 14.4 Å². The molecule has 0 bridgehead atoms. The number of ketones is 1. The summed E-state index contributed by atoms with van der Waals surface area (Å²) < 4.78 is 0. The van der Waals surface area contributed by atoms with E-state index in [1.165, 1.54) is 6.92 Å². The fourth-order valence-corrected chi connectivity index (χ4v) is 1.71. The average molecular weight is 263 g/mol. The molecule has 19 heavy (non-hydrogen) atoms. The summed E-state index contributed by atoms with van der Waals surface area (Å²) in [5.41, 5.74) is 1.07. The van der Waals surface area contributed by atoms with Gasteiger partial charge in [-0.15, -0.1) is 0 Å². The van der Waals surface area contributed by atoms with E-state index in [1.807, 2.05) is 0 Å². The number of carboxylic acids is 1. The van der Waals surface area contributed by atoms with E-state index in [0.29, 0.717) is 11.3 Å². The minimum Gasteiger partial charge on any atom is -0.481 e. The molecule has 5 heteroatoms. The molecular formula is C14H17NO4. The number of hydrogen-bond acceptors (Lipinski definition) is 3. The van der Waals surface area contributed by atoms with Crippen LogP contribution in [0.5, 0.6) is 0 Å². The van der Waals surface area contributed by atoms with Crippen molar-refractivity contribution in [1.82, 2.24) is 0 Å². The lowest BCUT2D eigenvalue weighted by molar-refractivity contribution is -0.138. The monoisotopic (exact) mass is 263 g/mol. The number of carbonyl (C=O) groups is 3. The first-order chi connectivity index (χ1) is 8.88. The number of amides is 1. The van der Waals surface area contributed by atoms with Crippen LogP contribution in [-0.2, 0) is 9.59 Å². The number of aliphatic carboxylic acids is 1. The van der Waals surface area contributed by atoms with Crippen LogP contribution in [0.25, 0.3) is 0 Å². The van der Waals surface area contributed by atoms with Crippen LogP contribution in [0.15, 0.2) is 24.3 Å². The van der Waals surface area contributed by atoms with Gasteiger partial charge in [-0.3, -0.25) is 14.4 Å². The fourth-order valence-electron chi connectivity index (χ4n) is 1.71. The quantitative estimate of drug-likeness (QED) is 0.771. The molecule has 0 radical (unpaired) electrons. The zero-order valence-electron chi connectivity index (χ0n) is 11.0. The van der Waals surface area contributed by atoms with Crippen molar-refractivity contribution in [2.45, 2.75) is 26.7 Å². The number of anilines is 1. The Bertz CT molecular complexity index is 496. The number of Topliss-reactive ketones (excluding diaryl/α,β-unsaturated/α-hetero) is 1. The second-order valence-electron chi connectivity index (χ2n) is 4.59. The summed E-state index contributed by atoms with van der Waals surface area (Å²) in [5.74, 6) is -1.47. The van der Waals surface area contributed by atoms with E-state index in [2.05, 4.69) is 5.32 Å². The Labute approximate surface area is 111 Å². The Morgan fingerprint density at radius 1 is 1.26 bits per heavy atom. The summed E-state index contributed by atoms with van der Waals surface area (Å²) in [6.45, 7) is 3.16. The van der Waals surface area contributed by atoms with E-state index in [-0.39, 0.29) is 30.4 Å². The van der Waals surface area contributed by atoms with Crippen LogP contribution in [0.4, 0.5) is 5.69 Å². The molecular weight excluding hydrogens is 246 g/mol. The summed E-state index contributed by atoms with van der Waals surface area (Å²) in [6, 6.07) is 6.65. The second kappa shape index (κ2) is 6.68. The summed E-state index contributed by atoms with van der Waals surface area (Å²) in [4.78, 5) is 33.4. The van der Waals surface area contributed by atoms with Crippen molar-refractivity contribution in [3.05, 3.63) is 29.8 Å². The maximum Gasteiger partial charge on any atom is 0.303 e. The Balaban J connectivity index is 2.59. The van der Waals surface area contributed by atoms with Crippen molar-refractivity contribution < 1.29 is 19.5 Å². The lowest BCUT2D eigenvalue weighted by Gasteiger charge is -2.10. The minimum absolute atomic E-state index is 0.0408. The van der Waals surface area contributed by atoms with Gasteiger partial charge in [-0.2, -0.15) is 0 Å². The highest BCUT2D eigenvalue weighted by Crippen LogP contribution is 2.13. The smallest absolute Gasteiger partial charge is 0.303 e. The SMILES string of the molecule is CC(=O)c1cccc(NC(=O)CC(C)CC(=O)O)c1. The molecule has 1 aromatic rings. The van der Waals surface area contributed by atoms with Gasteiger partial charge in [-0.25, -0.2) is 0 Å². The molecule has 1 unspecified atom stereocenters. The molecule has 1 amide bonds. The van der Waals surface area contributed by atoms with Gasteiger partial charge >= 0.3 is 5.97 Å². The number of rotatable bonds is 6. The fraction of sp³-hybridized carbons (Fsp3) is 0.357. The number of carbonyl (C=O) groups excluding carboxylic acids is 2. The number of hydrogen-bond donors (Lipinski definition) is 2. The van der Waals surface area contributed by atoms with Crippen LogP contribution in [0.3, 0.4) is 0 Å². The van der Waals surface area contributed by atoms with Gasteiger partial charge in [-0.05, 0) is 25.0 Å². The van der Waals surface area contributed by atoms with Crippen molar-refractivity contribution in [3.63, 3.8) is 0 Å². The molecule has 2 N–H and O–H groups in total. The van der Waals surface area contributed by atoms with Gasteiger partial charge in [0.2, 0.25) is 5.91 Å². The highest BCUT2D eigenvalue weighted by molar-refractivity contribution is 5.97. The predicted molar refractivity (Wildman–Crippen MR) is 71.1 cm³/mol. The van der Waals surface area contributed by atoms with Crippen molar-refractivity contribution in [2.24, 2.45) is 5.92 Å². The predicted octanol–water partition coefficient (Wildman–Crippen LogP) is 2.33. The largest absolute Gasteiger partial charge is 0.481 e. The standard InChI is InChI=1S/C14H17NO4/c1-9(7-14(18)19)6-13(17)15-12-5-3-4-11(8-12)10(2)16/h3-5,8-9H,6-7H2,1-2H3,(H,15,17)(H,18,19). The Morgan fingerprint density at radius 2 is 1.95 bits per heavy atom. The van der Waals surface area contributed by atoms with Crippen molar-refractivity contribution in [3.8, 4) is 0 Å². The van der Waals surface area contributed by atoms with E-state index in [0.717, 1.165) is 0 Å². The minimum atomic E-state index is -0.918. The summed E-state index contributed by atoms with van der Waals surface area (Å²) >= 11 is 0. The maximum absolute atomic E-state index is 11.7. The van der Waals surface area contributed by atoms with Gasteiger partial charge in [0, 0.05) is 24.1 Å². The molecule has 0 aromatic heterocycles. The van der Waals surface area contributed by atoms with Crippen LogP contribution in [-0.4, -0.2) is 22.8 Å². The molecule has 1 aromatic carbocycles. The lowest BCUT2D eigenvalue weighted by atomic mass is 10.0. The third kappa shape index (κ3) is 5.33. The number of nitrogens with one attached hydrogen (secondary N) is 1. The zero-order valence-corrected chi connectivity index (χ0v) is 11.0. The Kier molecular flexibility index (Phi) is 5.23.